The monoisotopic (exact) mass is 145 g/mol. The van der Waals surface area contributed by atoms with Gasteiger partial charge in [0.1, 0.15) is 5.54 Å². The summed E-state index contributed by atoms with van der Waals surface area (Å²) in [7, 11) is 1.37. The van der Waals surface area contributed by atoms with Crippen LogP contribution in [-0.2, 0) is 14.3 Å². The Balaban J connectivity index is 2.58. The van der Waals surface area contributed by atoms with Gasteiger partial charge >= 0.3 is 5.97 Å². The fraction of sp³-hybridized carbons (Fsp3) is 0.833. The van der Waals surface area contributed by atoms with E-state index in [0.29, 0.717) is 13.3 Å². The van der Waals surface area contributed by atoms with Crippen LogP contribution in [0.2, 0.25) is 0 Å². The lowest BCUT2D eigenvalue weighted by Gasteiger charge is -2.17. The SMILES string of the molecule is COC(=O)C1(C)COCN1. The molecule has 0 aliphatic carbocycles. The van der Waals surface area contributed by atoms with Crippen molar-refractivity contribution < 1.29 is 14.3 Å². The summed E-state index contributed by atoms with van der Waals surface area (Å²) in [4.78, 5) is 11.0. The van der Waals surface area contributed by atoms with E-state index in [9.17, 15) is 4.79 Å². The van der Waals surface area contributed by atoms with Gasteiger partial charge in [-0.2, -0.15) is 0 Å². The van der Waals surface area contributed by atoms with Crippen molar-refractivity contribution in [3.8, 4) is 0 Å². The van der Waals surface area contributed by atoms with E-state index in [1.54, 1.807) is 6.92 Å². The van der Waals surface area contributed by atoms with Gasteiger partial charge in [0, 0.05) is 0 Å². The van der Waals surface area contributed by atoms with E-state index in [1.165, 1.54) is 7.11 Å². The van der Waals surface area contributed by atoms with Crippen LogP contribution in [0, 0.1) is 0 Å². The second kappa shape index (κ2) is 2.56. The molecule has 1 heterocycles. The topological polar surface area (TPSA) is 47.6 Å². The van der Waals surface area contributed by atoms with Gasteiger partial charge in [-0.3, -0.25) is 5.32 Å². The van der Waals surface area contributed by atoms with Crippen molar-refractivity contribution in [1.29, 1.82) is 0 Å². The summed E-state index contributed by atoms with van der Waals surface area (Å²) in [5.74, 6) is -0.273. The first-order chi connectivity index (χ1) is 4.69. The van der Waals surface area contributed by atoms with Crippen LogP contribution in [0.1, 0.15) is 6.92 Å². The molecule has 0 saturated carbocycles. The highest BCUT2D eigenvalue weighted by molar-refractivity contribution is 5.80. The number of nitrogens with one attached hydrogen (secondary N) is 1. The van der Waals surface area contributed by atoms with Gasteiger partial charge in [0.2, 0.25) is 0 Å². The van der Waals surface area contributed by atoms with Crippen LogP contribution >= 0.6 is 0 Å². The Bertz CT molecular complexity index is 140. The minimum Gasteiger partial charge on any atom is -0.468 e. The molecule has 1 N–H and O–H groups in total. The van der Waals surface area contributed by atoms with Gasteiger partial charge in [-0.05, 0) is 6.92 Å². The largest absolute Gasteiger partial charge is 0.468 e. The summed E-state index contributed by atoms with van der Waals surface area (Å²) in [5.41, 5.74) is -0.630. The number of methoxy groups -OCH3 is 1. The molecule has 1 unspecified atom stereocenters. The minimum absolute atomic E-state index is 0.273. The smallest absolute Gasteiger partial charge is 0.328 e. The maximum absolute atomic E-state index is 11.0. The van der Waals surface area contributed by atoms with Crippen molar-refractivity contribution in [3.63, 3.8) is 0 Å². The molecule has 0 radical (unpaired) electrons. The molecule has 58 valence electrons. The predicted molar refractivity (Wildman–Crippen MR) is 34.4 cm³/mol. The lowest BCUT2D eigenvalue weighted by molar-refractivity contribution is -0.147. The molecule has 4 nitrogen and oxygen atoms in total. The van der Waals surface area contributed by atoms with Crippen LogP contribution in [0.25, 0.3) is 0 Å². The Hall–Kier alpha value is -0.610. The third kappa shape index (κ3) is 1.12. The van der Waals surface area contributed by atoms with Gasteiger partial charge in [0.25, 0.3) is 0 Å². The van der Waals surface area contributed by atoms with Gasteiger partial charge in [-0.1, -0.05) is 0 Å². The second-order valence-electron chi connectivity index (χ2n) is 2.49. The van der Waals surface area contributed by atoms with Gasteiger partial charge in [0.15, 0.2) is 0 Å². The predicted octanol–water partition coefficient (Wildman–Crippen LogP) is -0.505. The zero-order valence-corrected chi connectivity index (χ0v) is 6.14. The second-order valence-corrected chi connectivity index (χ2v) is 2.49. The fourth-order valence-corrected chi connectivity index (χ4v) is 0.873. The van der Waals surface area contributed by atoms with E-state index >= 15 is 0 Å². The standard InChI is InChI=1S/C6H11NO3/c1-6(5(8)9-2)3-10-4-7-6/h7H,3-4H2,1-2H3. The molecule has 0 spiro atoms. The highest BCUT2D eigenvalue weighted by atomic mass is 16.5. The molecule has 0 bridgehead atoms. The molecule has 0 aromatic carbocycles. The normalized spacial score (nSPS) is 32.2. The zero-order valence-electron chi connectivity index (χ0n) is 6.14. The summed E-state index contributed by atoms with van der Waals surface area (Å²) in [6, 6.07) is 0. The summed E-state index contributed by atoms with van der Waals surface area (Å²) >= 11 is 0. The Morgan fingerprint density at radius 1 is 1.80 bits per heavy atom. The average molecular weight is 145 g/mol. The molecule has 0 aromatic rings. The number of ether oxygens (including phenoxy) is 2. The highest BCUT2D eigenvalue weighted by Gasteiger charge is 2.37. The molecule has 10 heavy (non-hydrogen) atoms. The Kier molecular flexibility index (Phi) is 1.92. The van der Waals surface area contributed by atoms with Gasteiger partial charge in [0.05, 0.1) is 20.4 Å². The van der Waals surface area contributed by atoms with E-state index in [2.05, 4.69) is 10.1 Å². The first kappa shape index (κ1) is 7.50. The lowest BCUT2D eigenvalue weighted by Crippen LogP contribution is -2.47. The molecule has 1 aliphatic heterocycles. The van der Waals surface area contributed by atoms with Crippen LogP contribution in [-0.4, -0.2) is 32.0 Å². The maximum atomic E-state index is 11.0. The third-order valence-electron chi connectivity index (χ3n) is 1.59. The van der Waals surface area contributed by atoms with E-state index in [0.717, 1.165) is 0 Å². The van der Waals surface area contributed by atoms with E-state index < -0.39 is 5.54 Å². The first-order valence-electron chi connectivity index (χ1n) is 3.10. The quantitative estimate of drug-likeness (QED) is 0.505. The Morgan fingerprint density at radius 2 is 2.50 bits per heavy atom. The van der Waals surface area contributed by atoms with Crippen LogP contribution in [0.15, 0.2) is 0 Å². The molecule has 1 saturated heterocycles. The van der Waals surface area contributed by atoms with E-state index in [-0.39, 0.29) is 5.97 Å². The van der Waals surface area contributed by atoms with Gasteiger partial charge in [-0.25, -0.2) is 4.79 Å². The summed E-state index contributed by atoms with van der Waals surface area (Å²) in [6.45, 7) is 2.57. The number of esters is 1. The van der Waals surface area contributed by atoms with Crippen LogP contribution < -0.4 is 5.32 Å². The van der Waals surface area contributed by atoms with Crippen molar-refractivity contribution in [3.05, 3.63) is 0 Å². The average Bonchev–Trinajstić information content (AvgIpc) is 2.36. The molecule has 0 aromatic heterocycles. The van der Waals surface area contributed by atoms with Crippen LogP contribution in [0.5, 0.6) is 0 Å². The summed E-state index contributed by atoms with van der Waals surface area (Å²) in [6.07, 6.45) is 0. The van der Waals surface area contributed by atoms with Crippen LogP contribution in [0.4, 0.5) is 0 Å². The number of hydrogen-bond acceptors (Lipinski definition) is 4. The highest BCUT2D eigenvalue weighted by Crippen LogP contribution is 2.11. The third-order valence-corrected chi connectivity index (χ3v) is 1.59. The van der Waals surface area contributed by atoms with Crippen LogP contribution in [0.3, 0.4) is 0 Å². The molecule has 1 aliphatic rings. The maximum Gasteiger partial charge on any atom is 0.328 e. The zero-order chi connectivity index (χ0) is 7.61. The van der Waals surface area contributed by atoms with Crippen molar-refractivity contribution in [2.24, 2.45) is 0 Å². The molecule has 1 fully saturated rings. The summed E-state index contributed by atoms with van der Waals surface area (Å²) in [5, 5.41) is 2.89. The minimum atomic E-state index is -0.630. The Morgan fingerprint density at radius 3 is 2.90 bits per heavy atom. The lowest BCUT2D eigenvalue weighted by atomic mass is 10.1. The van der Waals surface area contributed by atoms with Crippen molar-refractivity contribution in [1.82, 2.24) is 5.32 Å². The molecule has 1 atom stereocenters. The number of rotatable bonds is 1. The molecule has 0 amide bonds. The van der Waals surface area contributed by atoms with Crippen molar-refractivity contribution in [2.45, 2.75) is 12.5 Å². The molecule has 4 heteroatoms. The number of carbonyl (C=O) groups excluding carboxylic acids is 1. The van der Waals surface area contributed by atoms with Crippen molar-refractivity contribution >= 4 is 5.97 Å². The molecule has 1 rings (SSSR count). The molecular weight excluding hydrogens is 134 g/mol. The Labute approximate surface area is 59.5 Å². The number of carbonyl (C=O) groups is 1. The van der Waals surface area contributed by atoms with Gasteiger partial charge in [-0.15, -0.1) is 0 Å². The molecular formula is C6H11NO3. The summed E-state index contributed by atoms with van der Waals surface area (Å²) < 4.78 is 9.53. The van der Waals surface area contributed by atoms with Crippen molar-refractivity contribution in [2.75, 3.05) is 20.4 Å². The first-order valence-corrected chi connectivity index (χ1v) is 3.10. The fourth-order valence-electron chi connectivity index (χ4n) is 0.873. The van der Waals surface area contributed by atoms with E-state index in [4.69, 9.17) is 4.74 Å². The number of hydrogen-bond donors (Lipinski definition) is 1. The van der Waals surface area contributed by atoms with E-state index in [1.807, 2.05) is 0 Å². The van der Waals surface area contributed by atoms with Gasteiger partial charge < -0.3 is 9.47 Å².